The average Bonchev–Trinajstić information content (AvgIpc) is 2.74. The van der Waals surface area contributed by atoms with Crippen molar-refractivity contribution in [1.82, 2.24) is 5.43 Å². The van der Waals surface area contributed by atoms with Gasteiger partial charge < -0.3 is 15.2 Å². The number of amides is 1. The number of methoxy groups -OCH3 is 1. The summed E-state index contributed by atoms with van der Waals surface area (Å²) in [7, 11) is 1.58. The van der Waals surface area contributed by atoms with E-state index in [-0.39, 0.29) is 5.91 Å². The van der Waals surface area contributed by atoms with Crippen LogP contribution < -0.4 is 20.6 Å². The third kappa shape index (κ3) is 5.83. The second kappa shape index (κ2) is 9.75. The number of carbonyl (C=O) groups excluding carboxylic acids is 1. The highest BCUT2D eigenvalue weighted by molar-refractivity contribution is 9.10. The van der Waals surface area contributed by atoms with Crippen molar-refractivity contribution < 1.29 is 14.3 Å². The highest BCUT2D eigenvalue weighted by Crippen LogP contribution is 2.28. The molecular weight excluding hydrogens is 434 g/mol. The third-order valence-corrected chi connectivity index (χ3v) is 4.58. The zero-order valence-corrected chi connectivity index (χ0v) is 17.3. The van der Waals surface area contributed by atoms with Gasteiger partial charge in [-0.25, -0.2) is 5.43 Å². The molecule has 0 bridgehead atoms. The van der Waals surface area contributed by atoms with Gasteiger partial charge in [0.15, 0.2) is 11.5 Å². The van der Waals surface area contributed by atoms with Crippen molar-refractivity contribution in [2.24, 2.45) is 5.10 Å². The molecule has 3 rings (SSSR count). The number of nitrogen functional groups attached to an aromatic ring is 1. The van der Waals surface area contributed by atoms with Crippen molar-refractivity contribution in [3.63, 3.8) is 0 Å². The van der Waals surface area contributed by atoms with Crippen molar-refractivity contribution in [1.29, 1.82) is 0 Å². The molecule has 0 aliphatic heterocycles. The summed E-state index contributed by atoms with van der Waals surface area (Å²) in [4.78, 5) is 12.1. The first-order chi connectivity index (χ1) is 14.0. The SMILES string of the molecule is COc1cc(/C=N\NC(=O)c2ccc(N)cc2)ccc1OCc1ccc(Br)cc1. The van der Waals surface area contributed by atoms with E-state index in [2.05, 4.69) is 26.5 Å². The third-order valence-electron chi connectivity index (χ3n) is 4.05. The summed E-state index contributed by atoms with van der Waals surface area (Å²) in [6, 6.07) is 19.9. The minimum Gasteiger partial charge on any atom is -0.493 e. The number of hydrogen-bond acceptors (Lipinski definition) is 5. The predicted molar refractivity (Wildman–Crippen MR) is 117 cm³/mol. The Bertz CT molecular complexity index is 1000. The Morgan fingerprint density at radius 2 is 1.79 bits per heavy atom. The summed E-state index contributed by atoms with van der Waals surface area (Å²) in [6.45, 7) is 0.425. The number of hydrogen-bond donors (Lipinski definition) is 2. The zero-order valence-electron chi connectivity index (χ0n) is 15.8. The molecule has 3 aromatic rings. The molecule has 0 spiro atoms. The molecule has 0 unspecified atom stereocenters. The fraction of sp³-hybridized carbons (Fsp3) is 0.0909. The molecule has 0 fully saturated rings. The number of nitrogens with two attached hydrogens (primary N) is 1. The number of hydrazone groups is 1. The number of halogens is 1. The van der Waals surface area contributed by atoms with Crippen LogP contribution in [0.5, 0.6) is 11.5 Å². The van der Waals surface area contributed by atoms with E-state index in [0.717, 1.165) is 15.6 Å². The van der Waals surface area contributed by atoms with E-state index in [1.54, 1.807) is 43.5 Å². The van der Waals surface area contributed by atoms with Gasteiger partial charge in [0.05, 0.1) is 13.3 Å². The minimum atomic E-state index is -0.317. The monoisotopic (exact) mass is 453 g/mol. The molecule has 29 heavy (non-hydrogen) atoms. The normalized spacial score (nSPS) is 10.7. The van der Waals surface area contributed by atoms with E-state index in [1.807, 2.05) is 30.3 Å². The second-order valence-electron chi connectivity index (χ2n) is 6.15. The quantitative estimate of drug-likeness (QED) is 0.315. The smallest absolute Gasteiger partial charge is 0.271 e. The van der Waals surface area contributed by atoms with E-state index in [1.165, 1.54) is 6.21 Å². The maximum Gasteiger partial charge on any atom is 0.271 e. The van der Waals surface area contributed by atoms with Crippen LogP contribution in [0.4, 0.5) is 5.69 Å². The number of carbonyl (C=O) groups is 1. The molecule has 0 aliphatic carbocycles. The van der Waals surface area contributed by atoms with Crippen LogP contribution in [0.2, 0.25) is 0 Å². The number of nitrogens with one attached hydrogen (secondary N) is 1. The van der Waals surface area contributed by atoms with Gasteiger partial charge in [-0.3, -0.25) is 4.79 Å². The Kier molecular flexibility index (Phi) is 6.86. The molecule has 0 heterocycles. The average molecular weight is 454 g/mol. The number of benzene rings is 3. The van der Waals surface area contributed by atoms with Crippen LogP contribution in [0, 0.1) is 0 Å². The predicted octanol–water partition coefficient (Wildman–Crippen LogP) is 4.38. The summed E-state index contributed by atoms with van der Waals surface area (Å²) in [5.74, 6) is 0.886. The van der Waals surface area contributed by atoms with Gasteiger partial charge in [-0.05, 0) is 65.7 Å². The fourth-order valence-electron chi connectivity index (χ4n) is 2.49. The van der Waals surface area contributed by atoms with Gasteiger partial charge in [-0.2, -0.15) is 5.10 Å². The summed E-state index contributed by atoms with van der Waals surface area (Å²) in [6.07, 6.45) is 1.54. The molecule has 0 aromatic heterocycles. The largest absolute Gasteiger partial charge is 0.493 e. The fourth-order valence-corrected chi connectivity index (χ4v) is 2.75. The van der Waals surface area contributed by atoms with Gasteiger partial charge >= 0.3 is 0 Å². The molecule has 3 N–H and O–H groups in total. The van der Waals surface area contributed by atoms with Crippen LogP contribution in [-0.4, -0.2) is 19.2 Å². The van der Waals surface area contributed by atoms with Crippen LogP contribution >= 0.6 is 15.9 Å². The van der Waals surface area contributed by atoms with Crippen molar-refractivity contribution in [2.75, 3.05) is 12.8 Å². The second-order valence-corrected chi connectivity index (χ2v) is 7.06. The molecule has 0 radical (unpaired) electrons. The van der Waals surface area contributed by atoms with Gasteiger partial charge in [0.1, 0.15) is 6.61 Å². The van der Waals surface area contributed by atoms with Crippen LogP contribution in [0.3, 0.4) is 0 Å². The van der Waals surface area contributed by atoms with Crippen molar-refractivity contribution in [3.05, 3.63) is 87.9 Å². The lowest BCUT2D eigenvalue weighted by Gasteiger charge is -2.11. The lowest BCUT2D eigenvalue weighted by Crippen LogP contribution is -2.17. The number of nitrogens with zero attached hydrogens (tertiary/aromatic N) is 1. The lowest BCUT2D eigenvalue weighted by molar-refractivity contribution is 0.0955. The zero-order chi connectivity index (χ0) is 20.6. The van der Waals surface area contributed by atoms with E-state index in [9.17, 15) is 4.79 Å². The molecule has 0 saturated carbocycles. The van der Waals surface area contributed by atoms with Crippen LogP contribution in [0.15, 0.2) is 76.3 Å². The van der Waals surface area contributed by atoms with Crippen molar-refractivity contribution in [2.45, 2.75) is 6.61 Å². The Morgan fingerprint density at radius 3 is 2.48 bits per heavy atom. The van der Waals surface area contributed by atoms with Crippen LogP contribution in [0.1, 0.15) is 21.5 Å². The van der Waals surface area contributed by atoms with Gasteiger partial charge in [0.25, 0.3) is 5.91 Å². The molecule has 7 heteroatoms. The highest BCUT2D eigenvalue weighted by atomic mass is 79.9. The van der Waals surface area contributed by atoms with Gasteiger partial charge in [-0.15, -0.1) is 0 Å². The molecule has 0 saturated heterocycles. The summed E-state index contributed by atoms with van der Waals surface area (Å²) in [5.41, 5.74) is 11.0. The molecule has 3 aromatic carbocycles. The Hall–Kier alpha value is -3.32. The summed E-state index contributed by atoms with van der Waals surface area (Å²) >= 11 is 3.41. The van der Waals surface area contributed by atoms with Crippen LogP contribution in [-0.2, 0) is 6.61 Å². The Labute approximate surface area is 177 Å². The topological polar surface area (TPSA) is 85.9 Å². The lowest BCUT2D eigenvalue weighted by atomic mass is 10.2. The van der Waals surface area contributed by atoms with E-state index >= 15 is 0 Å². The molecular formula is C22H20BrN3O3. The number of anilines is 1. The maximum absolute atomic E-state index is 12.1. The maximum atomic E-state index is 12.1. The van der Waals surface area contributed by atoms with Crippen molar-refractivity contribution in [3.8, 4) is 11.5 Å². The van der Waals surface area contributed by atoms with Gasteiger partial charge in [0, 0.05) is 15.7 Å². The standard InChI is InChI=1S/C22H20BrN3O3/c1-28-21-12-16(13-25-26-22(27)17-5-9-19(24)10-6-17)4-11-20(21)29-14-15-2-7-18(23)8-3-15/h2-13H,14,24H2,1H3,(H,26,27)/b25-13-. The molecule has 6 nitrogen and oxygen atoms in total. The molecule has 148 valence electrons. The van der Waals surface area contributed by atoms with E-state index in [0.29, 0.717) is 29.4 Å². The highest BCUT2D eigenvalue weighted by Gasteiger charge is 2.07. The van der Waals surface area contributed by atoms with E-state index < -0.39 is 0 Å². The Morgan fingerprint density at radius 1 is 1.07 bits per heavy atom. The molecule has 0 atom stereocenters. The van der Waals surface area contributed by atoms with Crippen LogP contribution in [0.25, 0.3) is 0 Å². The minimum absolute atomic E-state index is 0.317. The first-order valence-corrected chi connectivity index (χ1v) is 9.58. The summed E-state index contributed by atoms with van der Waals surface area (Å²) < 4.78 is 12.3. The van der Waals surface area contributed by atoms with Gasteiger partial charge in [-0.1, -0.05) is 28.1 Å². The summed E-state index contributed by atoms with van der Waals surface area (Å²) in [5, 5.41) is 3.99. The molecule has 1 amide bonds. The first kappa shape index (κ1) is 20.4. The first-order valence-electron chi connectivity index (χ1n) is 8.79. The Balaban J connectivity index is 1.61. The number of ether oxygens (including phenoxy) is 2. The molecule has 0 aliphatic rings. The van der Waals surface area contributed by atoms with E-state index in [4.69, 9.17) is 15.2 Å². The van der Waals surface area contributed by atoms with Crippen molar-refractivity contribution >= 4 is 33.7 Å². The number of rotatable bonds is 7. The van der Waals surface area contributed by atoms with Gasteiger partial charge in [0.2, 0.25) is 0 Å².